The molecule has 5 aromatic rings. The second-order valence-corrected chi connectivity index (χ2v) is 9.41. The molecular formula is C32H29N3O3. The quantitative estimate of drug-likeness (QED) is 0.274. The molecule has 6 heteroatoms. The first-order valence-corrected chi connectivity index (χ1v) is 13.0. The summed E-state index contributed by atoms with van der Waals surface area (Å²) in [5, 5.41) is 2.99. The molecule has 190 valence electrons. The van der Waals surface area contributed by atoms with E-state index in [0.29, 0.717) is 12.1 Å². The van der Waals surface area contributed by atoms with Crippen LogP contribution in [0, 0.1) is 0 Å². The lowest BCUT2D eigenvalue weighted by atomic mass is 10.1. The van der Waals surface area contributed by atoms with E-state index < -0.39 is 0 Å². The molecule has 1 fully saturated rings. The van der Waals surface area contributed by atoms with E-state index in [1.807, 2.05) is 97.1 Å². The maximum absolute atomic E-state index is 12.7. The van der Waals surface area contributed by atoms with E-state index in [0.717, 1.165) is 65.3 Å². The van der Waals surface area contributed by atoms with Gasteiger partial charge >= 0.3 is 0 Å². The number of fused-ring (bicyclic) bond motifs is 1. The lowest BCUT2D eigenvalue weighted by Crippen LogP contribution is -2.24. The van der Waals surface area contributed by atoms with Crippen molar-refractivity contribution in [2.45, 2.75) is 32.1 Å². The van der Waals surface area contributed by atoms with E-state index in [9.17, 15) is 4.79 Å². The molecule has 6 nitrogen and oxygen atoms in total. The number of hydrogen-bond acceptors (Lipinski definition) is 4. The van der Waals surface area contributed by atoms with Crippen LogP contribution < -0.4 is 10.1 Å². The molecule has 0 saturated carbocycles. The maximum atomic E-state index is 12.7. The Morgan fingerprint density at radius 3 is 2.42 bits per heavy atom. The normalized spacial score (nSPS) is 15.3. The molecule has 0 spiro atoms. The van der Waals surface area contributed by atoms with Crippen LogP contribution in [0.25, 0.3) is 28.1 Å². The molecule has 1 aliphatic heterocycles. The molecule has 2 heterocycles. The molecule has 38 heavy (non-hydrogen) atoms. The van der Waals surface area contributed by atoms with Gasteiger partial charge in [-0.3, -0.25) is 9.36 Å². The van der Waals surface area contributed by atoms with Crippen molar-refractivity contribution in [2.24, 2.45) is 0 Å². The highest BCUT2D eigenvalue weighted by Crippen LogP contribution is 2.30. The van der Waals surface area contributed by atoms with Crippen molar-refractivity contribution in [3.05, 3.63) is 114 Å². The van der Waals surface area contributed by atoms with Crippen molar-refractivity contribution < 1.29 is 14.3 Å². The zero-order valence-corrected chi connectivity index (χ0v) is 21.0. The van der Waals surface area contributed by atoms with E-state index in [4.69, 9.17) is 14.5 Å². The smallest absolute Gasteiger partial charge is 0.251 e. The molecule has 1 aromatic heterocycles. The number of carbonyl (C=O) groups excluding carboxylic acids is 1. The Morgan fingerprint density at radius 1 is 0.895 bits per heavy atom. The first-order chi connectivity index (χ1) is 18.7. The molecular weight excluding hydrogens is 474 g/mol. The van der Waals surface area contributed by atoms with Crippen molar-refractivity contribution in [1.82, 2.24) is 14.9 Å². The molecule has 1 atom stereocenters. The molecule has 1 N–H and O–H groups in total. The van der Waals surface area contributed by atoms with E-state index in [1.54, 1.807) is 0 Å². The number of para-hydroxylation sites is 2. The van der Waals surface area contributed by atoms with Crippen molar-refractivity contribution in [1.29, 1.82) is 0 Å². The van der Waals surface area contributed by atoms with Gasteiger partial charge < -0.3 is 14.8 Å². The van der Waals surface area contributed by atoms with Crippen molar-refractivity contribution in [3.63, 3.8) is 0 Å². The fourth-order valence-corrected chi connectivity index (χ4v) is 4.76. The van der Waals surface area contributed by atoms with Crippen LogP contribution in [0.3, 0.4) is 0 Å². The summed E-state index contributed by atoms with van der Waals surface area (Å²) in [6, 6.07) is 33.6. The minimum atomic E-state index is -0.178. The number of imidazole rings is 1. The SMILES string of the molecule is O=C(NCc1ccccc1)c1ccc(-c2nc3ccccc3n2-c2ccc(OC3CCCCO3)cc2)cc1. The second-order valence-electron chi connectivity index (χ2n) is 9.41. The molecule has 1 amide bonds. The van der Waals surface area contributed by atoms with E-state index in [2.05, 4.69) is 16.0 Å². The Bertz CT molecular complexity index is 1520. The summed E-state index contributed by atoms with van der Waals surface area (Å²) in [6.45, 7) is 1.24. The molecule has 0 radical (unpaired) electrons. The van der Waals surface area contributed by atoms with Crippen LogP contribution in [0.5, 0.6) is 5.75 Å². The number of hydrogen-bond donors (Lipinski definition) is 1. The van der Waals surface area contributed by atoms with E-state index in [-0.39, 0.29) is 12.2 Å². The van der Waals surface area contributed by atoms with Crippen molar-refractivity contribution in [3.8, 4) is 22.8 Å². The number of rotatable bonds is 7. The van der Waals surface area contributed by atoms with E-state index >= 15 is 0 Å². The first-order valence-electron chi connectivity index (χ1n) is 13.0. The molecule has 1 aliphatic rings. The summed E-state index contributed by atoms with van der Waals surface area (Å²) in [5.41, 5.74) is 5.50. The van der Waals surface area contributed by atoms with Gasteiger partial charge in [-0.05, 0) is 66.9 Å². The summed E-state index contributed by atoms with van der Waals surface area (Å²) in [7, 11) is 0. The number of nitrogens with zero attached hydrogens (tertiary/aromatic N) is 2. The summed E-state index contributed by atoms with van der Waals surface area (Å²) in [5.74, 6) is 1.50. The minimum Gasteiger partial charge on any atom is -0.465 e. The van der Waals surface area contributed by atoms with Crippen LogP contribution in [0.2, 0.25) is 0 Å². The maximum Gasteiger partial charge on any atom is 0.251 e. The number of nitrogens with one attached hydrogen (secondary N) is 1. The van der Waals surface area contributed by atoms with Gasteiger partial charge in [0, 0.05) is 29.8 Å². The van der Waals surface area contributed by atoms with Gasteiger partial charge in [0.15, 0.2) is 6.29 Å². The zero-order chi connectivity index (χ0) is 25.7. The van der Waals surface area contributed by atoms with Gasteiger partial charge in [0.25, 0.3) is 5.91 Å². The van der Waals surface area contributed by atoms with Crippen LogP contribution >= 0.6 is 0 Å². The third-order valence-electron chi connectivity index (χ3n) is 6.76. The van der Waals surface area contributed by atoms with Gasteiger partial charge in [-0.15, -0.1) is 0 Å². The van der Waals surface area contributed by atoms with Gasteiger partial charge in [-0.2, -0.15) is 0 Å². The van der Waals surface area contributed by atoms with Crippen LogP contribution in [0.4, 0.5) is 0 Å². The van der Waals surface area contributed by atoms with Crippen LogP contribution in [0.1, 0.15) is 35.2 Å². The number of carbonyl (C=O) groups is 1. The third-order valence-corrected chi connectivity index (χ3v) is 6.76. The number of ether oxygens (including phenoxy) is 2. The number of benzene rings is 4. The second kappa shape index (κ2) is 10.9. The standard InChI is InChI=1S/C32H29N3O3/c36-32(33-22-23-8-2-1-3-9-23)25-15-13-24(14-16-25)31-34-28-10-4-5-11-29(28)35(31)26-17-19-27(20-18-26)38-30-12-6-7-21-37-30/h1-5,8-11,13-20,30H,6-7,12,21-22H2,(H,33,36). The summed E-state index contributed by atoms with van der Waals surface area (Å²) in [4.78, 5) is 17.7. The first kappa shape index (κ1) is 23.9. The molecule has 0 bridgehead atoms. The number of amides is 1. The highest BCUT2D eigenvalue weighted by atomic mass is 16.7. The topological polar surface area (TPSA) is 65.4 Å². The molecule has 6 rings (SSSR count). The molecule has 0 aliphatic carbocycles. The summed E-state index contributed by atoms with van der Waals surface area (Å²) in [6.07, 6.45) is 2.95. The third kappa shape index (κ3) is 5.17. The highest BCUT2D eigenvalue weighted by molar-refractivity contribution is 5.94. The van der Waals surface area contributed by atoms with Crippen LogP contribution in [-0.4, -0.2) is 28.4 Å². The largest absolute Gasteiger partial charge is 0.465 e. The minimum absolute atomic E-state index is 0.105. The Morgan fingerprint density at radius 2 is 1.66 bits per heavy atom. The highest BCUT2D eigenvalue weighted by Gasteiger charge is 2.17. The van der Waals surface area contributed by atoms with Crippen LogP contribution in [-0.2, 0) is 11.3 Å². The fraction of sp³-hybridized carbons (Fsp3) is 0.188. The predicted octanol–water partition coefficient (Wildman–Crippen LogP) is 6.53. The predicted molar refractivity (Wildman–Crippen MR) is 148 cm³/mol. The monoisotopic (exact) mass is 503 g/mol. The van der Waals surface area contributed by atoms with Gasteiger partial charge in [0.05, 0.1) is 17.6 Å². The molecule has 1 unspecified atom stereocenters. The van der Waals surface area contributed by atoms with Gasteiger partial charge in [0.1, 0.15) is 11.6 Å². The molecule has 1 saturated heterocycles. The summed E-state index contributed by atoms with van der Waals surface area (Å²) >= 11 is 0. The summed E-state index contributed by atoms with van der Waals surface area (Å²) < 4.78 is 13.9. The Balaban J connectivity index is 1.25. The average molecular weight is 504 g/mol. The fourth-order valence-electron chi connectivity index (χ4n) is 4.76. The Labute approximate surface area is 221 Å². The Kier molecular flexibility index (Phi) is 6.87. The molecule has 4 aromatic carbocycles. The lowest BCUT2D eigenvalue weighted by Gasteiger charge is -2.23. The van der Waals surface area contributed by atoms with Crippen molar-refractivity contribution >= 4 is 16.9 Å². The average Bonchev–Trinajstić information content (AvgIpc) is 3.37. The Hall–Kier alpha value is -4.42. The van der Waals surface area contributed by atoms with Crippen LogP contribution in [0.15, 0.2) is 103 Å². The zero-order valence-electron chi connectivity index (χ0n) is 21.0. The van der Waals surface area contributed by atoms with E-state index in [1.165, 1.54) is 0 Å². The van der Waals surface area contributed by atoms with Crippen molar-refractivity contribution in [2.75, 3.05) is 6.61 Å². The number of aromatic nitrogens is 2. The van der Waals surface area contributed by atoms with Gasteiger partial charge in [-0.25, -0.2) is 4.98 Å². The van der Waals surface area contributed by atoms with Gasteiger partial charge in [-0.1, -0.05) is 54.6 Å². The van der Waals surface area contributed by atoms with Gasteiger partial charge in [0.2, 0.25) is 0 Å². The lowest BCUT2D eigenvalue weighted by molar-refractivity contribution is -0.105.